The second-order valence-electron chi connectivity index (χ2n) is 5.71. The van der Waals surface area contributed by atoms with E-state index in [0.717, 1.165) is 36.1 Å². The molecule has 1 aromatic heterocycles. The molecular formula is C19H14ClN3OS. The molecule has 1 N–H and O–H groups in total. The maximum atomic E-state index is 12.5. The third kappa shape index (κ3) is 3.74. The maximum absolute atomic E-state index is 12.5. The average Bonchev–Trinajstić information content (AvgIpc) is 2.96. The van der Waals surface area contributed by atoms with Crippen molar-refractivity contribution in [1.82, 2.24) is 0 Å². The van der Waals surface area contributed by atoms with E-state index in [1.165, 1.54) is 17.4 Å². The van der Waals surface area contributed by atoms with Crippen molar-refractivity contribution in [2.75, 3.05) is 5.32 Å². The van der Waals surface area contributed by atoms with Gasteiger partial charge < -0.3 is 5.32 Å². The first kappa shape index (κ1) is 17.2. The summed E-state index contributed by atoms with van der Waals surface area (Å²) < 4.78 is 0. The Labute approximate surface area is 155 Å². The Balaban J connectivity index is 1.88. The Bertz CT molecular complexity index is 947. The summed E-state index contributed by atoms with van der Waals surface area (Å²) in [6.45, 7) is 0. The van der Waals surface area contributed by atoms with E-state index in [2.05, 4.69) is 11.4 Å². The number of hydrogen-bond acceptors (Lipinski definition) is 4. The number of carbonyl (C=O) groups excluding carboxylic acids is 1. The molecule has 3 rings (SSSR count). The molecule has 0 saturated carbocycles. The first-order valence-corrected chi connectivity index (χ1v) is 9.05. The standard InChI is InChI=1S/C19H14ClN3OS/c20-14-5-3-4-12(9-14)8-13(10-21)18(24)23-19-16(11-22)15-6-1-2-7-17(15)25-19/h3-5,8-9H,1-2,6-7H2,(H,23,24)/b13-8+. The number of carbonyl (C=O) groups is 1. The minimum Gasteiger partial charge on any atom is -0.312 e. The largest absolute Gasteiger partial charge is 0.312 e. The molecule has 0 unspecified atom stereocenters. The van der Waals surface area contributed by atoms with E-state index in [1.54, 1.807) is 24.3 Å². The molecule has 0 atom stereocenters. The number of hydrogen-bond donors (Lipinski definition) is 1. The summed E-state index contributed by atoms with van der Waals surface area (Å²) in [7, 11) is 0. The highest BCUT2D eigenvalue weighted by atomic mass is 35.5. The molecule has 0 spiro atoms. The molecule has 0 aliphatic heterocycles. The number of halogens is 1. The molecule has 0 saturated heterocycles. The van der Waals surface area contributed by atoms with Gasteiger partial charge in [-0.25, -0.2) is 0 Å². The number of amides is 1. The number of thiophene rings is 1. The number of benzene rings is 1. The van der Waals surface area contributed by atoms with Gasteiger partial charge in [0.2, 0.25) is 0 Å². The molecule has 4 nitrogen and oxygen atoms in total. The summed E-state index contributed by atoms with van der Waals surface area (Å²) in [6.07, 6.45) is 5.46. The Hall–Kier alpha value is -2.60. The molecule has 124 valence electrons. The van der Waals surface area contributed by atoms with Crippen LogP contribution < -0.4 is 5.32 Å². The highest BCUT2D eigenvalue weighted by Gasteiger charge is 2.22. The van der Waals surface area contributed by atoms with Crippen LogP contribution in [-0.4, -0.2) is 5.91 Å². The third-order valence-corrected chi connectivity index (χ3v) is 5.48. The molecule has 0 bridgehead atoms. The Morgan fingerprint density at radius 3 is 2.80 bits per heavy atom. The van der Waals surface area contributed by atoms with Gasteiger partial charge in [-0.3, -0.25) is 4.79 Å². The normalized spacial score (nSPS) is 13.5. The molecule has 0 fully saturated rings. The molecule has 0 radical (unpaired) electrons. The fraction of sp³-hybridized carbons (Fsp3) is 0.211. The van der Waals surface area contributed by atoms with Gasteiger partial charge in [-0.05, 0) is 55.0 Å². The molecule has 25 heavy (non-hydrogen) atoms. The van der Waals surface area contributed by atoms with E-state index in [4.69, 9.17) is 11.6 Å². The number of anilines is 1. The van der Waals surface area contributed by atoms with Crippen molar-refractivity contribution in [3.8, 4) is 12.1 Å². The Morgan fingerprint density at radius 2 is 2.08 bits per heavy atom. The molecule has 1 heterocycles. The molecule has 2 aromatic rings. The van der Waals surface area contributed by atoms with Crippen LogP contribution in [0, 0.1) is 22.7 Å². The number of nitrogens with one attached hydrogen (secondary N) is 1. The number of nitrogens with zero attached hydrogens (tertiary/aromatic N) is 2. The lowest BCUT2D eigenvalue weighted by molar-refractivity contribution is -0.112. The number of aryl methyl sites for hydroxylation is 1. The van der Waals surface area contributed by atoms with Crippen molar-refractivity contribution in [1.29, 1.82) is 10.5 Å². The summed E-state index contributed by atoms with van der Waals surface area (Å²) in [5.74, 6) is -0.516. The molecule has 1 amide bonds. The van der Waals surface area contributed by atoms with Crippen molar-refractivity contribution in [3.63, 3.8) is 0 Å². The van der Waals surface area contributed by atoms with Gasteiger partial charge in [-0.1, -0.05) is 23.7 Å². The minimum absolute atomic E-state index is 0.0301. The van der Waals surface area contributed by atoms with E-state index >= 15 is 0 Å². The van der Waals surface area contributed by atoms with Crippen LogP contribution in [0.1, 0.15) is 34.4 Å². The first-order chi connectivity index (χ1) is 12.1. The maximum Gasteiger partial charge on any atom is 0.266 e. The van der Waals surface area contributed by atoms with E-state index in [-0.39, 0.29) is 5.57 Å². The molecule has 1 aromatic carbocycles. The molecule has 1 aliphatic carbocycles. The van der Waals surface area contributed by atoms with E-state index in [0.29, 0.717) is 21.2 Å². The zero-order chi connectivity index (χ0) is 17.8. The molecule has 1 aliphatic rings. The lowest BCUT2D eigenvalue weighted by Gasteiger charge is -2.09. The van der Waals surface area contributed by atoms with Gasteiger partial charge >= 0.3 is 0 Å². The smallest absolute Gasteiger partial charge is 0.266 e. The topological polar surface area (TPSA) is 76.7 Å². The van der Waals surface area contributed by atoms with Gasteiger partial charge in [0.1, 0.15) is 22.7 Å². The van der Waals surface area contributed by atoms with Gasteiger partial charge in [-0.2, -0.15) is 10.5 Å². The van der Waals surface area contributed by atoms with Gasteiger partial charge in [0.25, 0.3) is 5.91 Å². The van der Waals surface area contributed by atoms with Crippen LogP contribution >= 0.6 is 22.9 Å². The highest BCUT2D eigenvalue weighted by Crippen LogP contribution is 2.37. The van der Waals surface area contributed by atoms with Crippen molar-refractivity contribution < 1.29 is 4.79 Å². The van der Waals surface area contributed by atoms with Crippen LogP contribution in [0.2, 0.25) is 5.02 Å². The SMILES string of the molecule is N#C/C(=C\c1cccc(Cl)c1)C(=O)Nc1sc2c(c1C#N)CCCC2. The van der Waals surface area contributed by atoms with Crippen molar-refractivity contribution in [2.45, 2.75) is 25.7 Å². The van der Waals surface area contributed by atoms with Crippen LogP contribution in [-0.2, 0) is 17.6 Å². The second kappa shape index (κ2) is 7.53. The van der Waals surface area contributed by atoms with Crippen LogP contribution in [0.25, 0.3) is 6.08 Å². The van der Waals surface area contributed by atoms with Gasteiger partial charge in [0.15, 0.2) is 0 Å². The summed E-state index contributed by atoms with van der Waals surface area (Å²) in [5, 5.41) is 22.6. The van der Waals surface area contributed by atoms with Crippen molar-refractivity contribution in [3.05, 3.63) is 56.4 Å². The number of nitriles is 2. The second-order valence-corrected chi connectivity index (χ2v) is 7.25. The summed E-state index contributed by atoms with van der Waals surface area (Å²) in [6, 6.07) is 11.0. The monoisotopic (exact) mass is 367 g/mol. The van der Waals surface area contributed by atoms with Crippen LogP contribution in [0.5, 0.6) is 0 Å². The van der Waals surface area contributed by atoms with Gasteiger partial charge in [0.05, 0.1) is 5.56 Å². The van der Waals surface area contributed by atoms with Crippen LogP contribution in [0.15, 0.2) is 29.8 Å². The van der Waals surface area contributed by atoms with Gasteiger partial charge in [0, 0.05) is 9.90 Å². The summed E-state index contributed by atoms with van der Waals surface area (Å²) >= 11 is 7.37. The lowest BCUT2D eigenvalue weighted by Crippen LogP contribution is -2.13. The average molecular weight is 368 g/mol. The Kier molecular flexibility index (Phi) is 5.19. The minimum atomic E-state index is -0.516. The zero-order valence-electron chi connectivity index (χ0n) is 13.3. The zero-order valence-corrected chi connectivity index (χ0v) is 14.9. The van der Waals surface area contributed by atoms with Crippen LogP contribution in [0.3, 0.4) is 0 Å². The predicted octanol–water partition coefficient (Wildman–Crippen LogP) is 4.70. The van der Waals surface area contributed by atoms with E-state index in [9.17, 15) is 15.3 Å². The predicted molar refractivity (Wildman–Crippen MR) is 99.3 cm³/mol. The Morgan fingerprint density at radius 1 is 1.28 bits per heavy atom. The quantitative estimate of drug-likeness (QED) is 0.631. The fourth-order valence-electron chi connectivity index (χ4n) is 2.85. The van der Waals surface area contributed by atoms with Crippen molar-refractivity contribution >= 4 is 39.9 Å². The van der Waals surface area contributed by atoms with Gasteiger partial charge in [-0.15, -0.1) is 11.3 Å². The summed E-state index contributed by atoms with van der Waals surface area (Å²) in [4.78, 5) is 13.6. The number of rotatable bonds is 3. The molecular weight excluding hydrogens is 354 g/mol. The van der Waals surface area contributed by atoms with E-state index < -0.39 is 5.91 Å². The highest BCUT2D eigenvalue weighted by molar-refractivity contribution is 7.16. The number of fused-ring (bicyclic) bond motifs is 1. The van der Waals surface area contributed by atoms with Crippen molar-refractivity contribution in [2.24, 2.45) is 0 Å². The first-order valence-electron chi connectivity index (χ1n) is 7.85. The van der Waals surface area contributed by atoms with E-state index in [1.807, 2.05) is 6.07 Å². The molecule has 6 heteroatoms. The van der Waals surface area contributed by atoms with Crippen LogP contribution in [0.4, 0.5) is 5.00 Å². The third-order valence-electron chi connectivity index (χ3n) is 4.03. The summed E-state index contributed by atoms with van der Waals surface area (Å²) in [5.41, 5.74) is 2.22. The lowest BCUT2D eigenvalue weighted by atomic mass is 9.96. The fourth-order valence-corrected chi connectivity index (χ4v) is 4.29.